The molecule has 0 aromatic carbocycles. The Morgan fingerprint density at radius 1 is 2.00 bits per heavy atom. The quantitative estimate of drug-likeness (QED) is 0.333. The van der Waals surface area contributed by atoms with Gasteiger partial charge in [-0.05, 0) is 0 Å². The molecule has 1 atom stereocenters. The molecule has 0 aliphatic heterocycles. The van der Waals surface area contributed by atoms with Crippen molar-refractivity contribution >= 4 is 18.0 Å². The molecule has 0 aliphatic rings. The third-order valence-electron chi connectivity index (χ3n) is 0.205. The first-order chi connectivity index (χ1) is 3.27. The van der Waals surface area contributed by atoms with E-state index in [1.54, 1.807) is 5.48 Å². The van der Waals surface area contributed by atoms with E-state index in [9.17, 15) is 9.18 Å². The number of halogens is 2. The van der Waals surface area contributed by atoms with Gasteiger partial charge in [0.1, 0.15) is 0 Å². The Hall–Kier alpha value is -0.350. The predicted octanol–water partition coefficient (Wildman–Crippen LogP) is 0.156. The molecule has 0 spiro atoms. The maximum atomic E-state index is 11.2. The molecule has 0 saturated heterocycles. The van der Waals surface area contributed by atoms with Gasteiger partial charge < -0.3 is 0 Å². The topological polar surface area (TPSA) is 38.3 Å². The fraction of sp³-hybridized carbons (Fsp3) is 0.500. The third kappa shape index (κ3) is 5.65. The first-order valence-corrected chi connectivity index (χ1v) is 1.84. The highest BCUT2D eigenvalue weighted by Crippen LogP contribution is 1.93. The molecule has 42 valence electrons. The monoisotopic (exact) mass is 127 g/mol. The molecule has 0 rings (SSSR count). The van der Waals surface area contributed by atoms with Crippen molar-refractivity contribution in [3.8, 4) is 0 Å². The number of nitrogens with one attached hydrogen (secondary N) is 1. The van der Waals surface area contributed by atoms with Gasteiger partial charge in [0.2, 0.25) is 6.41 Å². The highest BCUT2D eigenvalue weighted by molar-refractivity contribution is 6.18. The van der Waals surface area contributed by atoms with E-state index in [4.69, 9.17) is 0 Å². The zero-order valence-corrected chi connectivity index (χ0v) is 3.98. The lowest BCUT2D eigenvalue weighted by Crippen LogP contribution is -2.14. The molecule has 5 heteroatoms. The van der Waals surface area contributed by atoms with E-state index in [1.165, 1.54) is 0 Å². The lowest BCUT2D eigenvalue weighted by Gasteiger charge is -1.94. The van der Waals surface area contributed by atoms with E-state index in [-0.39, 0.29) is 6.41 Å². The van der Waals surface area contributed by atoms with E-state index in [0.717, 1.165) is 0 Å². The summed E-state index contributed by atoms with van der Waals surface area (Å²) < 4.78 is 11.2. The summed E-state index contributed by atoms with van der Waals surface area (Å²) in [7, 11) is 0. The molecule has 0 saturated carbocycles. The SMILES string of the molecule is O=CNOC(F)Cl. The van der Waals surface area contributed by atoms with Crippen molar-refractivity contribution in [2.75, 3.05) is 0 Å². The van der Waals surface area contributed by atoms with Crippen molar-refractivity contribution in [3.05, 3.63) is 0 Å². The van der Waals surface area contributed by atoms with Crippen molar-refractivity contribution in [1.82, 2.24) is 5.48 Å². The van der Waals surface area contributed by atoms with Gasteiger partial charge in [-0.25, -0.2) is 10.3 Å². The van der Waals surface area contributed by atoms with Crippen LogP contribution in [0, 0.1) is 0 Å². The van der Waals surface area contributed by atoms with Gasteiger partial charge in [-0.2, -0.15) is 4.39 Å². The average Bonchev–Trinajstić information content (AvgIpc) is 1.61. The van der Waals surface area contributed by atoms with Crippen LogP contribution in [-0.2, 0) is 9.63 Å². The average molecular weight is 128 g/mol. The second kappa shape index (κ2) is 3.83. The number of rotatable bonds is 3. The van der Waals surface area contributed by atoms with Crippen LogP contribution in [0.2, 0.25) is 0 Å². The van der Waals surface area contributed by atoms with Crippen LogP contribution in [0.25, 0.3) is 0 Å². The first kappa shape index (κ1) is 6.65. The first-order valence-electron chi connectivity index (χ1n) is 1.40. The van der Waals surface area contributed by atoms with Crippen LogP contribution < -0.4 is 5.48 Å². The number of amides is 1. The summed E-state index contributed by atoms with van der Waals surface area (Å²) in [5.41, 5.74) is 1.56. The fourth-order valence-corrected chi connectivity index (χ4v) is 0.131. The van der Waals surface area contributed by atoms with Gasteiger partial charge in [0.25, 0.3) is 5.82 Å². The number of alkyl halides is 2. The Kier molecular flexibility index (Phi) is 3.64. The van der Waals surface area contributed by atoms with Gasteiger partial charge in [0, 0.05) is 0 Å². The Balaban J connectivity index is 2.81. The van der Waals surface area contributed by atoms with Crippen molar-refractivity contribution in [1.29, 1.82) is 0 Å². The summed E-state index contributed by atoms with van der Waals surface area (Å²) in [5, 5.41) is 0. The molecule has 1 N–H and O–H groups in total. The highest BCUT2D eigenvalue weighted by atomic mass is 35.5. The Morgan fingerprint density at radius 2 is 2.57 bits per heavy atom. The van der Waals surface area contributed by atoms with Gasteiger partial charge in [-0.15, -0.1) is 0 Å². The van der Waals surface area contributed by atoms with E-state index in [2.05, 4.69) is 16.4 Å². The minimum absolute atomic E-state index is 0.176. The van der Waals surface area contributed by atoms with Gasteiger partial charge in [0.15, 0.2) is 0 Å². The number of hydroxylamine groups is 1. The molecular weight excluding hydrogens is 124 g/mol. The number of hydrogen-bond donors (Lipinski definition) is 1. The number of carbonyl (C=O) groups excluding carboxylic acids is 1. The second-order valence-corrected chi connectivity index (χ2v) is 0.957. The van der Waals surface area contributed by atoms with Crippen LogP contribution in [0.5, 0.6) is 0 Å². The summed E-state index contributed by atoms with van der Waals surface area (Å²) in [6, 6.07) is 0. The standard InChI is InChI=1S/C2H3ClFNO2/c3-2(4)7-5-1-6/h1-2H,(H,5,6). The van der Waals surface area contributed by atoms with E-state index >= 15 is 0 Å². The summed E-state index contributed by atoms with van der Waals surface area (Å²) in [4.78, 5) is 12.9. The molecule has 7 heavy (non-hydrogen) atoms. The van der Waals surface area contributed by atoms with Crippen LogP contribution in [0.1, 0.15) is 0 Å². The molecule has 0 aromatic heterocycles. The zero-order chi connectivity index (χ0) is 5.70. The highest BCUT2D eigenvalue weighted by Gasteiger charge is 1.94. The van der Waals surface area contributed by atoms with Gasteiger partial charge in [0.05, 0.1) is 0 Å². The maximum absolute atomic E-state index is 11.2. The van der Waals surface area contributed by atoms with E-state index in [0.29, 0.717) is 0 Å². The number of hydrogen-bond acceptors (Lipinski definition) is 2. The molecule has 1 amide bonds. The van der Waals surface area contributed by atoms with Gasteiger partial charge >= 0.3 is 0 Å². The van der Waals surface area contributed by atoms with E-state index < -0.39 is 5.82 Å². The fourth-order valence-electron chi connectivity index (χ4n) is 0.0792. The maximum Gasteiger partial charge on any atom is 0.297 e. The van der Waals surface area contributed by atoms with Crippen LogP contribution in [0.15, 0.2) is 0 Å². The zero-order valence-electron chi connectivity index (χ0n) is 3.23. The molecule has 1 unspecified atom stereocenters. The van der Waals surface area contributed by atoms with Gasteiger partial charge in [-0.1, -0.05) is 11.6 Å². The molecule has 0 radical (unpaired) electrons. The molecule has 0 heterocycles. The third-order valence-corrected chi connectivity index (χ3v) is 0.294. The lowest BCUT2D eigenvalue weighted by atomic mass is 11.4. The molecule has 0 bridgehead atoms. The predicted molar refractivity (Wildman–Crippen MR) is 21.0 cm³/mol. The normalized spacial score (nSPS) is 12.9. The molecule has 0 aliphatic carbocycles. The van der Waals surface area contributed by atoms with Crippen molar-refractivity contribution < 1.29 is 14.0 Å². The summed E-state index contributed by atoms with van der Waals surface area (Å²) in [5.74, 6) is -1.97. The number of carbonyl (C=O) groups is 1. The van der Waals surface area contributed by atoms with Crippen molar-refractivity contribution in [2.24, 2.45) is 0 Å². The second-order valence-electron chi connectivity index (χ2n) is 0.614. The lowest BCUT2D eigenvalue weighted by molar-refractivity contribution is -0.127. The largest absolute Gasteiger partial charge is 0.297 e. The summed E-state index contributed by atoms with van der Waals surface area (Å²) >= 11 is 4.55. The van der Waals surface area contributed by atoms with Crippen LogP contribution >= 0.6 is 11.6 Å². The Morgan fingerprint density at radius 3 is 2.71 bits per heavy atom. The van der Waals surface area contributed by atoms with Crippen molar-refractivity contribution in [2.45, 2.75) is 5.82 Å². The summed E-state index contributed by atoms with van der Waals surface area (Å²) in [6.07, 6.45) is 0.176. The molecule has 0 fully saturated rings. The molecule has 3 nitrogen and oxygen atoms in total. The minimum atomic E-state index is -1.97. The van der Waals surface area contributed by atoms with Crippen molar-refractivity contribution in [3.63, 3.8) is 0 Å². The molecule has 0 aromatic rings. The Labute approximate surface area is 44.4 Å². The van der Waals surface area contributed by atoms with E-state index in [1.807, 2.05) is 0 Å². The van der Waals surface area contributed by atoms with Gasteiger partial charge in [-0.3, -0.25) is 4.79 Å². The summed E-state index contributed by atoms with van der Waals surface area (Å²) in [6.45, 7) is 0. The minimum Gasteiger partial charge on any atom is -0.277 e. The Bertz CT molecular complexity index is 59.7. The van der Waals surface area contributed by atoms with Crippen LogP contribution in [0.4, 0.5) is 4.39 Å². The molecular formula is C2H3ClFNO2. The van der Waals surface area contributed by atoms with Crippen LogP contribution in [0.3, 0.4) is 0 Å². The van der Waals surface area contributed by atoms with Crippen LogP contribution in [-0.4, -0.2) is 12.2 Å². The smallest absolute Gasteiger partial charge is 0.277 e.